The van der Waals surface area contributed by atoms with E-state index >= 15 is 0 Å². The first-order valence-corrected chi connectivity index (χ1v) is 9.52. The van der Waals surface area contributed by atoms with Gasteiger partial charge in [-0.3, -0.25) is 9.59 Å². The molecule has 2 aromatic carbocycles. The van der Waals surface area contributed by atoms with E-state index < -0.39 is 17.8 Å². The van der Waals surface area contributed by atoms with Crippen LogP contribution >= 0.6 is 0 Å². The summed E-state index contributed by atoms with van der Waals surface area (Å²) in [6.07, 6.45) is -3.27. The molecule has 156 valence electrons. The van der Waals surface area contributed by atoms with Gasteiger partial charge in [-0.2, -0.15) is 13.2 Å². The van der Waals surface area contributed by atoms with Crippen LogP contribution in [-0.2, 0) is 17.4 Å². The van der Waals surface area contributed by atoms with Gasteiger partial charge in [-0.1, -0.05) is 50.6 Å². The van der Waals surface area contributed by atoms with E-state index in [0.717, 1.165) is 12.1 Å². The first-order valence-electron chi connectivity index (χ1n) is 9.52. The van der Waals surface area contributed by atoms with Crippen molar-refractivity contribution in [2.24, 2.45) is 5.92 Å². The molecule has 0 saturated carbocycles. The number of hydrogen-bond acceptors (Lipinski definition) is 2. The molecule has 2 atom stereocenters. The van der Waals surface area contributed by atoms with Gasteiger partial charge in [-0.25, -0.2) is 0 Å². The molecule has 0 aliphatic carbocycles. The largest absolute Gasteiger partial charge is 0.416 e. The SMILES string of the molecule is CC[C@H](C)[C@H](NC(=O)c1ccccc1)C(=O)NCCc1ccc(C(F)(F)F)cc1. The first kappa shape index (κ1) is 22.5. The van der Waals surface area contributed by atoms with Crippen LogP contribution in [0.4, 0.5) is 13.2 Å². The molecule has 0 saturated heterocycles. The molecule has 2 N–H and O–H groups in total. The van der Waals surface area contributed by atoms with E-state index in [4.69, 9.17) is 0 Å². The summed E-state index contributed by atoms with van der Waals surface area (Å²) < 4.78 is 37.8. The molecule has 4 nitrogen and oxygen atoms in total. The van der Waals surface area contributed by atoms with Crippen molar-refractivity contribution < 1.29 is 22.8 Å². The minimum Gasteiger partial charge on any atom is -0.354 e. The predicted molar refractivity (Wildman–Crippen MR) is 105 cm³/mol. The van der Waals surface area contributed by atoms with Gasteiger partial charge in [0.2, 0.25) is 5.91 Å². The van der Waals surface area contributed by atoms with Crippen molar-refractivity contribution in [3.63, 3.8) is 0 Å². The molecule has 0 aliphatic rings. The molecular weight excluding hydrogens is 381 g/mol. The molecule has 2 amide bonds. The summed E-state index contributed by atoms with van der Waals surface area (Å²) in [5, 5.41) is 5.55. The topological polar surface area (TPSA) is 58.2 Å². The summed E-state index contributed by atoms with van der Waals surface area (Å²) in [7, 11) is 0. The van der Waals surface area contributed by atoms with E-state index in [1.807, 2.05) is 13.8 Å². The Kier molecular flexibility index (Phi) is 7.82. The molecule has 0 radical (unpaired) electrons. The van der Waals surface area contributed by atoms with E-state index in [1.165, 1.54) is 12.1 Å². The van der Waals surface area contributed by atoms with Crippen LogP contribution < -0.4 is 10.6 Å². The lowest BCUT2D eigenvalue weighted by Crippen LogP contribution is -2.50. The smallest absolute Gasteiger partial charge is 0.354 e. The molecular formula is C22H25F3N2O2. The van der Waals surface area contributed by atoms with Crippen molar-refractivity contribution in [1.82, 2.24) is 10.6 Å². The van der Waals surface area contributed by atoms with Gasteiger partial charge in [0, 0.05) is 12.1 Å². The van der Waals surface area contributed by atoms with E-state index in [2.05, 4.69) is 10.6 Å². The van der Waals surface area contributed by atoms with Gasteiger partial charge >= 0.3 is 6.18 Å². The molecule has 0 unspecified atom stereocenters. The summed E-state index contributed by atoms with van der Waals surface area (Å²) >= 11 is 0. The minimum atomic E-state index is -4.37. The summed E-state index contributed by atoms with van der Waals surface area (Å²) in [6.45, 7) is 4.07. The zero-order valence-electron chi connectivity index (χ0n) is 16.4. The average Bonchev–Trinajstić information content (AvgIpc) is 2.71. The second-order valence-electron chi connectivity index (χ2n) is 6.94. The average molecular weight is 406 g/mol. The lowest BCUT2D eigenvalue weighted by atomic mass is 9.97. The van der Waals surface area contributed by atoms with Crippen molar-refractivity contribution in [2.45, 2.75) is 38.9 Å². The Morgan fingerprint density at radius 2 is 1.62 bits per heavy atom. The van der Waals surface area contributed by atoms with Crippen molar-refractivity contribution in [1.29, 1.82) is 0 Å². The van der Waals surface area contributed by atoms with Gasteiger partial charge in [-0.05, 0) is 42.2 Å². The van der Waals surface area contributed by atoms with Gasteiger partial charge in [-0.15, -0.1) is 0 Å². The molecule has 0 aromatic heterocycles. The highest BCUT2D eigenvalue weighted by Crippen LogP contribution is 2.29. The van der Waals surface area contributed by atoms with Crippen molar-refractivity contribution in [3.8, 4) is 0 Å². The fourth-order valence-electron chi connectivity index (χ4n) is 2.82. The van der Waals surface area contributed by atoms with Gasteiger partial charge in [0.15, 0.2) is 0 Å². The lowest BCUT2D eigenvalue weighted by molar-refractivity contribution is -0.137. The van der Waals surface area contributed by atoms with Crippen LogP contribution in [0.25, 0.3) is 0 Å². The third-order valence-corrected chi connectivity index (χ3v) is 4.81. The Labute approximate surface area is 168 Å². The molecule has 0 bridgehead atoms. The summed E-state index contributed by atoms with van der Waals surface area (Å²) in [5.74, 6) is -0.710. The maximum Gasteiger partial charge on any atom is 0.416 e. The third kappa shape index (κ3) is 6.62. The predicted octanol–water partition coefficient (Wildman–Crippen LogP) is 4.21. The standard InChI is InChI=1S/C22H25F3N2O2/c1-3-15(2)19(27-20(28)17-7-5-4-6-8-17)21(29)26-14-13-16-9-11-18(12-10-16)22(23,24)25/h4-12,15,19H,3,13-14H2,1-2H3,(H,26,29)(H,27,28)/t15-,19-/m0/s1. The molecule has 0 spiro atoms. The van der Waals surface area contributed by atoms with Gasteiger partial charge < -0.3 is 10.6 Å². The molecule has 2 aromatic rings. The Morgan fingerprint density at radius 3 is 2.17 bits per heavy atom. The number of benzene rings is 2. The third-order valence-electron chi connectivity index (χ3n) is 4.81. The monoisotopic (exact) mass is 406 g/mol. The van der Waals surface area contributed by atoms with E-state index in [9.17, 15) is 22.8 Å². The van der Waals surface area contributed by atoms with Gasteiger partial charge in [0.25, 0.3) is 5.91 Å². The Bertz CT molecular complexity index is 805. The zero-order valence-corrected chi connectivity index (χ0v) is 16.4. The van der Waals surface area contributed by atoms with Crippen molar-refractivity contribution in [3.05, 3.63) is 71.3 Å². The summed E-state index contributed by atoms with van der Waals surface area (Å²) in [6, 6.07) is 12.8. The van der Waals surface area contributed by atoms with Crippen molar-refractivity contribution >= 4 is 11.8 Å². The minimum absolute atomic E-state index is 0.0752. The maximum atomic E-state index is 12.6. The van der Waals surface area contributed by atoms with Gasteiger partial charge in [0.05, 0.1) is 5.56 Å². The Hall–Kier alpha value is -2.83. The van der Waals surface area contributed by atoms with E-state index in [0.29, 0.717) is 24.0 Å². The van der Waals surface area contributed by atoms with Gasteiger partial charge in [0.1, 0.15) is 6.04 Å². The Morgan fingerprint density at radius 1 is 1.00 bits per heavy atom. The summed E-state index contributed by atoms with van der Waals surface area (Å²) in [4.78, 5) is 25.0. The summed E-state index contributed by atoms with van der Waals surface area (Å²) in [5.41, 5.74) is 0.454. The zero-order chi connectivity index (χ0) is 21.4. The van der Waals surface area contributed by atoms with Crippen LogP contribution in [0, 0.1) is 5.92 Å². The molecule has 0 heterocycles. The molecule has 29 heavy (non-hydrogen) atoms. The van der Waals surface area contributed by atoms with Crippen LogP contribution in [0.1, 0.15) is 41.8 Å². The highest BCUT2D eigenvalue weighted by atomic mass is 19.4. The molecule has 2 rings (SSSR count). The fraction of sp³-hybridized carbons (Fsp3) is 0.364. The first-order chi connectivity index (χ1) is 13.7. The maximum absolute atomic E-state index is 12.6. The number of halogens is 3. The van der Waals surface area contributed by atoms with Crippen LogP contribution in [0.5, 0.6) is 0 Å². The highest BCUT2D eigenvalue weighted by molar-refractivity contribution is 5.97. The van der Waals surface area contributed by atoms with E-state index in [-0.39, 0.29) is 24.3 Å². The number of carbonyl (C=O) groups is 2. The normalized spacial score (nSPS) is 13.4. The van der Waals surface area contributed by atoms with Crippen LogP contribution in [0.2, 0.25) is 0 Å². The molecule has 7 heteroatoms. The highest BCUT2D eigenvalue weighted by Gasteiger charge is 2.30. The molecule has 0 fully saturated rings. The number of alkyl halides is 3. The second kappa shape index (κ2) is 10.1. The molecule has 0 aliphatic heterocycles. The number of hydrogen-bond donors (Lipinski definition) is 2. The number of nitrogens with one attached hydrogen (secondary N) is 2. The Balaban J connectivity index is 1.93. The number of carbonyl (C=O) groups excluding carboxylic acids is 2. The van der Waals surface area contributed by atoms with E-state index in [1.54, 1.807) is 30.3 Å². The number of amides is 2. The van der Waals surface area contributed by atoms with Crippen LogP contribution in [-0.4, -0.2) is 24.4 Å². The number of rotatable bonds is 8. The van der Waals surface area contributed by atoms with Crippen LogP contribution in [0.3, 0.4) is 0 Å². The quantitative estimate of drug-likeness (QED) is 0.690. The van der Waals surface area contributed by atoms with Crippen LogP contribution in [0.15, 0.2) is 54.6 Å². The fourth-order valence-corrected chi connectivity index (χ4v) is 2.82. The lowest BCUT2D eigenvalue weighted by Gasteiger charge is -2.23. The van der Waals surface area contributed by atoms with Crippen molar-refractivity contribution in [2.75, 3.05) is 6.54 Å². The second-order valence-corrected chi connectivity index (χ2v) is 6.94.